The zero-order valence-corrected chi connectivity index (χ0v) is 19.2. The third-order valence-electron chi connectivity index (χ3n) is 6.54. The fraction of sp³-hybridized carbons (Fsp3) is 0.423. The molecule has 168 valence electrons. The fourth-order valence-electron chi connectivity index (χ4n) is 4.44. The Morgan fingerprint density at radius 2 is 1.84 bits per heavy atom. The lowest BCUT2D eigenvalue weighted by molar-refractivity contribution is 0.102. The zero-order chi connectivity index (χ0) is 22.7. The Balaban J connectivity index is 1.45. The Morgan fingerprint density at radius 3 is 2.53 bits per heavy atom. The lowest BCUT2D eigenvalue weighted by Gasteiger charge is -2.28. The highest BCUT2D eigenvalue weighted by molar-refractivity contribution is 6.05. The van der Waals surface area contributed by atoms with Gasteiger partial charge in [-0.2, -0.15) is 0 Å². The van der Waals surface area contributed by atoms with E-state index in [4.69, 9.17) is 0 Å². The van der Waals surface area contributed by atoms with Crippen LogP contribution in [0.2, 0.25) is 0 Å². The highest BCUT2D eigenvalue weighted by Crippen LogP contribution is 2.22. The van der Waals surface area contributed by atoms with Gasteiger partial charge in [-0.05, 0) is 95.4 Å². The Labute approximate surface area is 189 Å². The largest absolute Gasteiger partial charge is 0.332 e. The molecule has 1 fully saturated rings. The van der Waals surface area contributed by atoms with Gasteiger partial charge in [-0.1, -0.05) is 12.1 Å². The molecule has 1 aliphatic heterocycles. The van der Waals surface area contributed by atoms with E-state index in [0.29, 0.717) is 23.3 Å². The van der Waals surface area contributed by atoms with Gasteiger partial charge in [0.1, 0.15) is 11.2 Å². The van der Waals surface area contributed by atoms with Gasteiger partial charge in [0, 0.05) is 24.1 Å². The molecular weight excluding hydrogens is 400 g/mol. The summed E-state index contributed by atoms with van der Waals surface area (Å²) in [6.07, 6.45) is 6.44. The standard InChI is InChI=1S/C26H32N4O2/c1-4-30-17-23(24(31)22-12-5-18(2)27-25(22)30)26(32)28-21-10-8-19(9-11-21)6-7-20-13-15-29(3)16-14-20/h5,8-12,17,20H,4,6-7,13-16H2,1-3H3,(H,28,32). The van der Waals surface area contributed by atoms with Gasteiger partial charge in [-0.25, -0.2) is 4.98 Å². The molecule has 0 saturated carbocycles. The fourth-order valence-corrected chi connectivity index (χ4v) is 4.44. The number of nitrogens with one attached hydrogen (secondary N) is 1. The minimum absolute atomic E-state index is 0.136. The van der Waals surface area contributed by atoms with Crippen LogP contribution in [0.25, 0.3) is 11.0 Å². The summed E-state index contributed by atoms with van der Waals surface area (Å²) < 4.78 is 1.85. The number of piperidine rings is 1. The first kappa shape index (κ1) is 22.2. The van der Waals surface area contributed by atoms with Crippen molar-refractivity contribution >= 4 is 22.6 Å². The van der Waals surface area contributed by atoms with Gasteiger partial charge in [0.25, 0.3) is 5.91 Å². The molecule has 0 spiro atoms. The van der Waals surface area contributed by atoms with Gasteiger partial charge < -0.3 is 14.8 Å². The van der Waals surface area contributed by atoms with Crippen LogP contribution in [0.5, 0.6) is 0 Å². The number of hydrogen-bond donors (Lipinski definition) is 1. The molecule has 6 heteroatoms. The number of aromatic nitrogens is 2. The lowest BCUT2D eigenvalue weighted by Crippen LogP contribution is -2.30. The van der Waals surface area contributed by atoms with Crippen LogP contribution in [0.4, 0.5) is 5.69 Å². The Morgan fingerprint density at radius 1 is 1.12 bits per heavy atom. The van der Waals surface area contributed by atoms with Crippen LogP contribution in [0.1, 0.15) is 47.8 Å². The molecule has 6 nitrogen and oxygen atoms in total. The summed E-state index contributed by atoms with van der Waals surface area (Å²) in [5, 5.41) is 3.35. The molecule has 0 bridgehead atoms. The summed E-state index contributed by atoms with van der Waals surface area (Å²) >= 11 is 0. The third-order valence-corrected chi connectivity index (χ3v) is 6.54. The lowest BCUT2D eigenvalue weighted by atomic mass is 9.91. The van der Waals surface area contributed by atoms with E-state index in [1.165, 1.54) is 37.9 Å². The van der Waals surface area contributed by atoms with Crippen LogP contribution in [0, 0.1) is 12.8 Å². The molecule has 0 atom stereocenters. The Hall–Kier alpha value is -2.99. The summed E-state index contributed by atoms with van der Waals surface area (Å²) in [5.41, 5.74) is 3.28. The number of amides is 1. The van der Waals surface area contributed by atoms with Gasteiger partial charge in [0.05, 0.1) is 5.39 Å². The molecule has 32 heavy (non-hydrogen) atoms. The number of carbonyl (C=O) groups excluding carboxylic acids is 1. The van der Waals surface area contributed by atoms with Gasteiger partial charge in [-0.15, -0.1) is 0 Å². The van der Waals surface area contributed by atoms with E-state index in [9.17, 15) is 9.59 Å². The van der Waals surface area contributed by atoms with Crippen molar-refractivity contribution < 1.29 is 4.79 Å². The van der Waals surface area contributed by atoms with Gasteiger partial charge in [0.15, 0.2) is 0 Å². The van der Waals surface area contributed by atoms with Crippen molar-refractivity contribution in [2.24, 2.45) is 5.92 Å². The minimum atomic E-state index is -0.390. The average Bonchev–Trinajstić information content (AvgIpc) is 2.80. The van der Waals surface area contributed by atoms with Crippen molar-refractivity contribution in [3.05, 3.63) is 69.6 Å². The van der Waals surface area contributed by atoms with Crippen molar-refractivity contribution in [1.29, 1.82) is 0 Å². The normalized spacial score (nSPS) is 15.2. The van der Waals surface area contributed by atoms with Crippen LogP contribution in [0.3, 0.4) is 0 Å². The molecule has 1 saturated heterocycles. The van der Waals surface area contributed by atoms with Crippen molar-refractivity contribution in [2.45, 2.75) is 46.1 Å². The van der Waals surface area contributed by atoms with E-state index in [1.54, 1.807) is 18.3 Å². The molecule has 4 rings (SSSR count). The maximum atomic E-state index is 12.9. The van der Waals surface area contributed by atoms with E-state index < -0.39 is 5.91 Å². The second kappa shape index (κ2) is 9.65. The highest BCUT2D eigenvalue weighted by atomic mass is 16.2. The number of fused-ring (bicyclic) bond motifs is 1. The van der Waals surface area contributed by atoms with Gasteiger partial charge >= 0.3 is 0 Å². The first-order valence-corrected chi connectivity index (χ1v) is 11.5. The topological polar surface area (TPSA) is 67.2 Å². The number of nitrogens with zero attached hydrogens (tertiary/aromatic N) is 3. The number of aryl methyl sites for hydroxylation is 3. The molecule has 1 aromatic carbocycles. The molecule has 2 aromatic heterocycles. The number of carbonyl (C=O) groups is 1. The van der Waals surface area contributed by atoms with Crippen molar-refractivity contribution in [3.8, 4) is 0 Å². The van der Waals surface area contributed by atoms with Crippen LogP contribution in [-0.2, 0) is 13.0 Å². The second-order valence-corrected chi connectivity index (χ2v) is 8.92. The van der Waals surface area contributed by atoms with Crippen LogP contribution in [0.15, 0.2) is 47.4 Å². The molecular formula is C26H32N4O2. The zero-order valence-electron chi connectivity index (χ0n) is 19.2. The first-order valence-electron chi connectivity index (χ1n) is 11.5. The predicted octanol–water partition coefficient (Wildman–Crippen LogP) is 4.25. The predicted molar refractivity (Wildman–Crippen MR) is 129 cm³/mol. The van der Waals surface area contributed by atoms with E-state index >= 15 is 0 Å². The molecule has 0 radical (unpaired) electrons. The Bertz CT molecular complexity index is 1160. The number of hydrogen-bond acceptors (Lipinski definition) is 4. The molecule has 3 heterocycles. The van der Waals surface area contributed by atoms with Crippen molar-refractivity contribution in [3.63, 3.8) is 0 Å². The molecule has 1 N–H and O–H groups in total. The minimum Gasteiger partial charge on any atom is -0.332 e. The van der Waals surface area contributed by atoms with Gasteiger partial charge in [-0.3, -0.25) is 9.59 Å². The maximum Gasteiger partial charge on any atom is 0.261 e. The Kier molecular flexibility index (Phi) is 6.70. The van der Waals surface area contributed by atoms with Crippen molar-refractivity contribution in [1.82, 2.24) is 14.5 Å². The van der Waals surface area contributed by atoms with Crippen molar-refractivity contribution in [2.75, 3.05) is 25.5 Å². The van der Waals surface area contributed by atoms with Crippen LogP contribution < -0.4 is 10.7 Å². The number of benzene rings is 1. The number of rotatable bonds is 6. The molecule has 0 unspecified atom stereocenters. The number of anilines is 1. The number of pyridine rings is 2. The number of likely N-dealkylation sites (tertiary alicyclic amines) is 1. The van der Waals surface area contributed by atoms with Gasteiger partial charge in [0.2, 0.25) is 5.43 Å². The summed E-state index contributed by atoms with van der Waals surface area (Å²) in [6, 6.07) is 11.5. The first-order chi connectivity index (χ1) is 15.4. The average molecular weight is 433 g/mol. The molecule has 1 amide bonds. The third kappa shape index (κ3) is 4.91. The quantitative estimate of drug-likeness (QED) is 0.632. The summed E-state index contributed by atoms with van der Waals surface area (Å²) in [7, 11) is 2.19. The van der Waals surface area contributed by atoms with E-state index in [0.717, 1.165) is 18.0 Å². The molecule has 3 aromatic rings. The summed E-state index contributed by atoms with van der Waals surface area (Å²) in [5.74, 6) is 0.413. The summed E-state index contributed by atoms with van der Waals surface area (Å²) in [4.78, 5) is 32.7. The van der Waals surface area contributed by atoms with E-state index in [1.807, 2.05) is 30.5 Å². The summed E-state index contributed by atoms with van der Waals surface area (Å²) in [6.45, 7) is 6.88. The maximum absolute atomic E-state index is 12.9. The molecule has 0 aliphatic carbocycles. The van der Waals surface area contributed by atoms with E-state index in [-0.39, 0.29) is 11.0 Å². The second-order valence-electron chi connectivity index (χ2n) is 8.92. The monoisotopic (exact) mass is 432 g/mol. The molecule has 1 aliphatic rings. The van der Waals surface area contributed by atoms with Crippen LogP contribution in [-0.4, -0.2) is 40.5 Å². The highest BCUT2D eigenvalue weighted by Gasteiger charge is 2.17. The van der Waals surface area contributed by atoms with E-state index in [2.05, 4.69) is 34.4 Å². The smallest absolute Gasteiger partial charge is 0.261 e. The van der Waals surface area contributed by atoms with Crippen LogP contribution >= 0.6 is 0 Å². The SMILES string of the molecule is CCn1cc(C(=O)Nc2ccc(CCC3CCN(C)CC3)cc2)c(=O)c2ccc(C)nc21.